The van der Waals surface area contributed by atoms with E-state index < -0.39 is 0 Å². The summed E-state index contributed by atoms with van der Waals surface area (Å²) in [6.45, 7) is 5.28. The highest BCUT2D eigenvalue weighted by Crippen LogP contribution is 2.20. The van der Waals surface area contributed by atoms with Gasteiger partial charge < -0.3 is 5.11 Å². The summed E-state index contributed by atoms with van der Waals surface area (Å²) in [5.41, 5.74) is 0.893. The minimum absolute atomic E-state index is 0.0866. The Morgan fingerprint density at radius 3 is 2.75 bits per heavy atom. The molecule has 1 nitrogen and oxygen atoms in total. The average molecular weight is 167 g/mol. The Morgan fingerprint density at radius 1 is 1.58 bits per heavy atom. The molecule has 0 heterocycles. The second-order valence-corrected chi connectivity index (χ2v) is 2.88. The Balaban J connectivity index is 3.14. The van der Waals surface area contributed by atoms with Crippen LogP contribution in [0.3, 0.4) is 0 Å². The van der Waals surface area contributed by atoms with Crippen LogP contribution in [0.5, 0.6) is 0 Å². The maximum atomic E-state index is 13.3. The summed E-state index contributed by atoms with van der Waals surface area (Å²) < 4.78 is 13.3. The van der Waals surface area contributed by atoms with Crippen LogP contribution < -0.4 is 0 Å². The van der Waals surface area contributed by atoms with Crippen molar-refractivity contribution in [2.24, 2.45) is 0 Å². The first kappa shape index (κ1) is 9.20. The van der Waals surface area contributed by atoms with Crippen LogP contribution in [0.15, 0.2) is 18.2 Å². The van der Waals surface area contributed by atoms with Crippen molar-refractivity contribution < 1.29 is 9.50 Å². The molecule has 1 N–H and O–H groups in total. The number of rotatable bonds is 2. The molecule has 1 unspecified atom stereocenters. The quantitative estimate of drug-likeness (QED) is 0.716. The van der Waals surface area contributed by atoms with Gasteiger partial charge in [0, 0.05) is 5.56 Å². The topological polar surface area (TPSA) is 20.2 Å². The summed E-state index contributed by atoms with van der Waals surface area (Å²) in [6.07, 6.45) is 0. The smallest absolute Gasteiger partial charge is 0.132 e. The molecule has 1 aromatic carbocycles. The summed E-state index contributed by atoms with van der Waals surface area (Å²) >= 11 is 0. The van der Waals surface area contributed by atoms with Gasteiger partial charge in [-0.25, -0.2) is 4.39 Å². The maximum Gasteiger partial charge on any atom is 0.132 e. The fourth-order valence-corrected chi connectivity index (χ4v) is 1.10. The fourth-order valence-electron chi connectivity index (χ4n) is 1.10. The minimum Gasteiger partial charge on any atom is -0.392 e. The summed E-state index contributed by atoms with van der Waals surface area (Å²) in [6, 6.07) is 4.99. The Bertz CT molecular complexity index is 269. The first-order valence-corrected chi connectivity index (χ1v) is 3.88. The predicted molar refractivity (Wildman–Crippen MR) is 46.1 cm³/mol. The first-order chi connectivity index (χ1) is 5.66. The lowest BCUT2D eigenvalue weighted by Crippen LogP contribution is -1.98. The van der Waals surface area contributed by atoms with Gasteiger partial charge in [-0.05, 0) is 18.4 Å². The Kier molecular flexibility index (Phi) is 2.82. The summed E-state index contributed by atoms with van der Waals surface area (Å²) in [5.74, 6) is -0.418. The van der Waals surface area contributed by atoms with Crippen molar-refractivity contribution in [2.75, 3.05) is 0 Å². The van der Waals surface area contributed by atoms with Crippen molar-refractivity contribution >= 4 is 0 Å². The molecule has 65 valence electrons. The number of benzene rings is 1. The van der Waals surface area contributed by atoms with E-state index in [4.69, 9.17) is 5.11 Å². The molecule has 1 aromatic rings. The van der Waals surface area contributed by atoms with Crippen molar-refractivity contribution in [1.29, 1.82) is 0 Å². The van der Waals surface area contributed by atoms with Gasteiger partial charge in [0.2, 0.25) is 0 Å². The highest BCUT2D eigenvalue weighted by Gasteiger charge is 2.09. The van der Waals surface area contributed by atoms with Crippen LogP contribution in [0.2, 0.25) is 0 Å². The monoisotopic (exact) mass is 167 g/mol. The lowest BCUT2D eigenvalue weighted by molar-refractivity contribution is 0.275. The van der Waals surface area contributed by atoms with Crippen LogP contribution in [-0.4, -0.2) is 5.11 Å². The van der Waals surface area contributed by atoms with Gasteiger partial charge in [0.1, 0.15) is 5.82 Å². The molecule has 1 atom stereocenters. The molecule has 1 rings (SSSR count). The van der Waals surface area contributed by atoms with E-state index in [-0.39, 0.29) is 18.3 Å². The Hall–Kier alpha value is -0.890. The van der Waals surface area contributed by atoms with Gasteiger partial charge in [0.05, 0.1) is 6.61 Å². The zero-order valence-corrected chi connectivity index (χ0v) is 7.05. The zero-order valence-electron chi connectivity index (χ0n) is 7.05. The van der Waals surface area contributed by atoms with E-state index in [1.165, 1.54) is 0 Å². The van der Waals surface area contributed by atoms with Crippen molar-refractivity contribution in [2.45, 2.75) is 19.4 Å². The fraction of sp³-hybridized carbons (Fsp3) is 0.300. The van der Waals surface area contributed by atoms with E-state index in [0.717, 1.165) is 0 Å². The van der Waals surface area contributed by atoms with Gasteiger partial charge in [-0.2, -0.15) is 0 Å². The lowest BCUT2D eigenvalue weighted by Gasteiger charge is -2.08. The standard InChI is InChI=1S/C10H12FO/c1-7(2)9-5-3-4-8(6-12)10(9)11/h3-5,7,12H,1,6H2,2H3. The van der Waals surface area contributed by atoms with Gasteiger partial charge in [-0.1, -0.05) is 25.1 Å². The maximum absolute atomic E-state index is 13.3. The zero-order chi connectivity index (χ0) is 9.14. The van der Waals surface area contributed by atoms with E-state index in [0.29, 0.717) is 11.1 Å². The molecular weight excluding hydrogens is 155 g/mol. The molecule has 0 fully saturated rings. The van der Waals surface area contributed by atoms with Gasteiger partial charge in [0.25, 0.3) is 0 Å². The largest absolute Gasteiger partial charge is 0.392 e. The Morgan fingerprint density at radius 2 is 2.25 bits per heavy atom. The average Bonchev–Trinajstić information content (AvgIpc) is 2.04. The van der Waals surface area contributed by atoms with E-state index >= 15 is 0 Å². The van der Waals surface area contributed by atoms with Crippen molar-refractivity contribution in [3.63, 3.8) is 0 Å². The minimum atomic E-state index is -0.331. The van der Waals surface area contributed by atoms with E-state index in [1.54, 1.807) is 18.2 Å². The number of aliphatic hydroxyl groups is 1. The number of aliphatic hydroxyl groups excluding tert-OH is 1. The molecule has 2 heteroatoms. The van der Waals surface area contributed by atoms with Crippen molar-refractivity contribution in [3.8, 4) is 0 Å². The highest BCUT2D eigenvalue weighted by atomic mass is 19.1. The lowest BCUT2D eigenvalue weighted by atomic mass is 10.0. The van der Waals surface area contributed by atoms with E-state index in [9.17, 15) is 4.39 Å². The van der Waals surface area contributed by atoms with Crippen LogP contribution in [0, 0.1) is 12.7 Å². The van der Waals surface area contributed by atoms with Crippen molar-refractivity contribution in [3.05, 3.63) is 42.1 Å². The summed E-state index contributed by atoms with van der Waals surface area (Å²) in [4.78, 5) is 0. The molecule has 0 aliphatic carbocycles. The molecule has 0 saturated carbocycles. The normalized spacial score (nSPS) is 10.8. The molecule has 0 saturated heterocycles. The number of hydrogen-bond donors (Lipinski definition) is 1. The second kappa shape index (κ2) is 3.68. The Labute approximate surface area is 71.9 Å². The molecule has 0 amide bonds. The SMILES string of the molecule is [CH2]C(C)c1cccc(CO)c1F. The molecular formula is C10H12FO. The molecule has 0 aliphatic heterocycles. The van der Waals surface area contributed by atoms with Crippen LogP contribution in [0.1, 0.15) is 24.0 Å². The third-order valence-corrected chi connectivity index (χ3v) is 1.81. The molecule has 1 radical (unpaired) electrons. The van der Waals surface area contributed by atoms with Crippen LogP contribution in [0.4, 0.5) is 4.39 Å². The molecule has 12 heavy (non-hydrogen) atoms. The van der Waals surface area contributed by atoms with Gasteiger partial charge in [-0.3, -0.25) is 0 Å². The van der Waals surface area contributed by atoms with E-state index in [2.05, 4.69) is 6.92 Å². The van der Waals surface area contributed by atoms with Crippen molar-refractivity contribution in [1.82, 2.24) is 0 Å². The van der Waals surface area contributed by atoms with Crippen LogP contribution in [-0.2, 0) is 6.61 Å². The van der Waals surface area contributed by atoms with E-state index in [1.807, 2.05) is 6.92 Å². The third-order valence-electron chi connectivity index (χ3n) is 1.81. The van der Waals surface area contributed by atoms with Crippen LogP contribution in [0.25, 0.3) is 0 Å². The van der Waals surface area contributed by atoms with Gasteiger partial charge >= 0.3 is 0 Å². The molecule has 0 bridgehead atoms. The number of halogens is 1. The van der Waals surface area contributed by atoms with Gasteiger partial charge in [0.15, 0.2) is 0 Å². The first-order valence-electron chi connectivity index (χ1n) is 3.88. The molecule has 0 spiro atoms. The van der Waals surface area contributed by atoms with Gasteiger partial charge in [-0.15, -0.1) is 0 Å². The second-order valence-electron chi connectivity index (χ2n) is 2.88. The molecule has 0 aromatic heterocycles. The summed E-state index contributed by atoms with van der Waals surface area (Å²) in [5, 5.41) is 8.76. The van der Waals surface area contributed by atoms with Crippen LogP contribution >= 0.6 is 0 Å². The summed E-state index contributed by atoms with van der Waals surface area (Å²) in [7, 11) is 0. The number of hydrogen-bond acceptors (Lipinski definition) is 1. The molecule has 0 aliphatic rings. The third kappa shape index (κ3) is 1.64. The predicted octanol–water partition coefficient (Wildman–Crippen LogP) is 2.26. The highest BCUT2D eigenvalue weighted by molar-refractivity contribution is 5.28.